The van der Waals surface area contributed by atoms with Crippen LogP contribution >= 0.6 is 22.6 Å². The Balaban J connectivity index is 1.37. The van der Waals surface area contributed by atoms with Gasteiger partial charge in [-0.05, 0) is 178 Å². The molecule has 350 valence electrons. The Morgan fingerprint density at radius 3 is 1.16 bits per heavy atom. The normalized spacial score (nSPS) is 12.4. The third-order valence-electron chi connectivity index (χ3n) is 14.0. The minimum atomic E-state index is -1.92. The largest absolute Gasteiger partial charge is 0.354 e. The molecule has 0 amide bonds. The van der Waals surface area contributed by atoms with Crippen molar-refractivity contribution in [1.82, 2.24) is 19.9 Å². The average Bonchev–Trinajstić information content (AvgIpc) is 4.16. The maximum atomic E-state index is 5.59. The Kier molecular flexibility index (Phi) is 13.6. The molecule has 5 heterocycles. The van der Waals surface area contributed by atoms with Crippen molar-refractivity contribution in [2.75, 3.05) is 0 Å². The number of H-pyrrole nitrogens is 2. The molecule has 2 N–H and O–H groups in total. The molecule has 4 aromatic carbocycles. The minimum absolute atomic E-state index is 0.562. The van der Waals surface area contributed by atoms with Gasteiger partial charge in [0.2, 0.25) is 0 Å². The van der Waals surface area contributed by atoms with E-state index in [1.807, 2.05) is 0 Å². The zero-order chi connectivity index (χ0) is 49.6. The van der Waals surface area contributed by atoms with Gasteiger partial charge in [-0.1, -0.05) is 127 Å². The van der Waals surface area contributed by atoms with Gasteiger partial charge in [-0.25, -0.2) is 9.97 Å². The molecule has 0 atom stereocenters. The van der Waals surface area contributed by atoms with Crippen molar-refractivity contribution in [3.63, 3.8) is 0 Å². The van der Waals surface area contributed by atoms with Crippen molar-refractivity contribution in [3.8, 4) is 67.4 Å². The molecule has 0 fully saturated rings. The van der Waals surface area contributed by atoms with Crippen LogP contribution in [-0.4, -0.2) is 36.1 Å². The molecule has 0 unspecified atom stereocenters. The summed E-state index contributed by atoms with van der Waals surface area (Å²) in [4.78, 5) is 19.1. The van der Waals surface area contributed by atoms with Gasteiger partial charge >= 0.3 is 0 Å². The zero-order valence-corrected chi connectivity index (χ0v) is 46.9. The fourth-order valence-electron chi connectivity index (χ4n) is 10.9. The number of hydrogen-bond donors (Lipinski definition) is 2. The van der Waals surface area contributed by atoms with Crippen molar-refractivity contribution in [2.45, 2.75) is 98.6 Å². The van der Waals surface area contributed by atoms with Crippen molar-refractivity contribution in [3.05, 3.63) is 163 Å². The number of rotatable bonds is 7. The van der Waals surface area contributed by atoms with E-state index in [9.17, 15) is 0 Å². The monoisotopic (exact) mass is 1060 g/mol. The third-order valence-corrected chi connectivity index (χ3v) is 21.9. The van der Waals surface area contributed by atoms with Crippen LogP contribution in [0.15, 0.2) is 109 Å². The van der Waals surface area contributed by atoms with Crippen LogP contribution in [-0.2, 0) is 0 Å². The van der Waals surface area contributed by atoms with Crippen molar-refractivity contribution < 1.29 is 0 Å². The smallest absolute Gasteiger partial charge is 0.146 e. The van der Waals surface area contributed by atoms with Gasteiger partial charge in [0.25, 0.3) is 0 Å². The highest BCUT2D eigenvalue weighted by atomic mass is 127. The number of aromatic nitrogens is 4. The van der Waals surface area contributed by atoms with Gasteiger partial charge in [0.15, 0.2) is 0 Å². The number of nitrogens with one attached hydrogen (secondary N) is 2. The second-order valence-corrected chi connectivity index (χ2v) is 32.7. The molecule has 0 spiro atoms. The number of aryl methyl sites for hydroxylation is 3. The van der Waals surface area contributed by atoms with Crippen LogP contribution in [0.1, 0.15) is 92.1 Å². The fraction of sp³-hybridized carbons (Fsp3) is 0.238. The first-order valence-electron chi connectivity index (χ1n) is 24.7. The summed E-state index contributed by atoms with van der Waals surface area (Å²) in [5, 5.41) is 0. The fourth-order valence-corrected chi connectivity index (χ4v) is 17.0. The SMILES string of the molecule is Cc1cc(C)c(-c2c3nc(c(-c4ccc(I)cc4)c4ccc([nH]4)c(-c4ccc(C#C[Si](C(C)C)(C(C)C)C(C)C)cc4)c4nc(c(-c5ccc(C#C[Si](C)(C)C)cc5)c5ccc2[nH]5)C=C4)C=C3)c(C)c1. The van der Waals surface area contributed by atoms with Gasteiger partial charge in [0.1, 0.15) is 16.1 Å². The third kappa shape index (κ3) is 9.65. The number of aromatic amines is 2. The minimum Gasteiger partial charge on any atom is -0.354 e. The number of hydrogen-bond acceptors (Lipinski definition) is 2. The van der Waals surface area contributed by atoms with Gasteiger partial charge in [0, 0.05) is 59.0 Å². The quantitative estimate of drug-likeness (QED) is 0.0949. The Morgan fingerprint density at radius 1 is 0.443 bits per heavy atom. The van der Waals surface area contributed by atoms with Gasteiger partial charge < -0.3 is 9.97 Å². The van der Waals surface area contributed by atoms with E-state index < -0.39 is 16.1 Å². The first-order chi connectivity index (χ1) is 33.4. The summed E-state index contributed by atoms with van der Waals surface area (Å²) in [6, 6.07) is 39.6. The summed E-state index contributed by atoms with van der Waals surface area (Å²) < 4.78 is 1.18. The first kappa shape index (κ1) is 48.8. The van der Waals surface area contributed by atoms with Crippen LogP contribution in [0.2, 0.25) is 36.3 Å². The lowest BCUT2D eigenvalue weighted by molar-refractivity contribution is 0.838. The second-order valence-electron chi connectivity index (χ2n) is 21.1. The van der Waals surface area contributed by atoms with E-state index in [4.69, 9.17) is 9.97 Å². The summed E-state index contributed by atoms with van der Waals surface area (Å²) in [6.45, 7) is 27.7. The van der Waals surface area contributed by atoms with Crippen LogP contribution < -0.4 is 0 Å². The van der Waals surface area contributed by atoms with Crippen LogP contribution in [0.4, 0.5) is 0 Å². The van der Waals surface area contributed by atoms with E-state index in [-0.39, 0.29) is 0 Å². The lowest BCUT2D eigenvalue weighted by Crippen LogP contribution is -2.43. The van der Waals surface area contributed by atoms with E-state index in [1.54, 1.807) is 0 Å². The highest BCUT2D eigenvalue weighted by Crippen LogP contribution is 2.42. The van der Waals surface area contributed by atoms with Crippen molar-refractivity contribution in [1.29, 1.82) is 0 Å². The van der Waals surface area contributed by atoms with Gasteiger partial charge in [-0.3, -0.25) is 0 Å². The molecule has 9 rings (SSSR count). The lowest BCUT2D eigenvalue weighted by Gasteiger charge is -2.38. The summed E-state index contributed by atoms with van der Waals surface area (Å²) in [5.74, 6) is 7.15. The second kappa shape index (κ2) is 19.5. The molecule has 7 heteroatoms. The van der Waals surface area contributed by atoms with Crippen LogP contribution in [0.25, 0.3) is 90.9 Å². The van der Waals surface area contributed by atoms with Gasteiger partial charge in [-0.2, -0.15) is 0 Å². The van der Waals surface area contributed by atoms with E-state index in [1.165, 1.54) is 25.8 Å². The molecule has 0 saturated carbocycles. The Bertz CT molecular complexity index is 3490. The number of nitrogens with zero attached hydrogens (tertiary/aromatic N) is 2. The van der Waals surface area contributed by atoms with E-state index in [2.05, 4.69) is 271 Å². The predicted molar refractivity (Wildman–Crippen MR) is 316 cm³/mol. The summed E-state index contributed by atoms with van der Waals surface area (Å²) in [6.07, 6.45) is 8.71. The maximum Gasteiger partial charge on any atom is 0.146 e. The molecule has 0 radical (unpaired) electrons. The standard InChI is InChI=1S/C63H63IN4Si2/c1-39(2)70(40(3)4,41(5)6)36-34-46-15-19-48(20-16-46)60-51-25-26-53(65-51)61(47-17-13-45(14-18-47)33-35-69(10,11)12)55-29-31-57(67-55)63(59-43(8)37-42(7)38-44(59)9)58-32-30-56(68-58)62(54-28-27-52(60)66-54)49-21-23-50(64)24-22-49/h13-32,37-41,66-67H,1-12H3. The van der Waals surface area contributed by atoms with E-state index >= 15 is 0 Å². The molecule has 0 saturated heterocycles. The molecular weight excluding hydrogens is 996 g/mol. The van der Waals surface area contributed by atoms with Crippen LogP contribution in [0, 0.1) is 47.3 Å². The van der Waals surface area contributed by atoms with Crippen molar-refractivity contribution >= 4 is 85.1 Å². The highest BCUT2D eigenvalue weighted by molar-refractivity contribution is 14.1. The molecule has 0 aliphatic carbocycles. The summed E-state index contributed by atoms with van der Waals surface area (Å²) >= 11 is 2.38. The molecule has 70 heavy (non-hydrogen) atoms. The molecule has 2 aliphatic heterocycles. The average molecular weight is 1060 g/mol. The van der Waals surface area contributed by atoms with Crippen LogP contribution in [0.3, 0.4) is 0 Å². The zero-order valence-electron chi connectivity index (χ0n) is 42.7. The summed E-state index contributed by atoms with van der Waals surface area (Å²) in [7, 11) is -3.48. The lowest BCUT2D eigenvalue weighted by atomic mass is 9.92. The van der Waals surface area contributed by atoms with Gasteiger partial charge in [0.05, 0.1) is 22.8 Å². The Labute approximate surface area is 431 Å². The Hall–Kier alpha value is -6.24. The Morgan fingerprint density at radius 2 is 0.786 bits per heavy atom. The molecule has 2 aliphatic rings. The molecule has 4 nitrogen and oxygen atoms in total. The first-order valence-corrected chi connectivity index (χ1v) is 31.5. The van der Waals surface area contributed by atoms with Crippen LogP contribution in [0.5, 0.6) is 0 Å². The number of halogens is 1. The molecule has 3 aromatic heterocycles. The van der Waals surface area contributed by atoms with Gasteiger partial charge in [-0.15, -0.1) is 11.1 Å². The molecule has 7 aromatic rings. The van der Waals surface area contributed by atoms with Crippen molar-refractivity contribution in [2.24, 2.45) is 0 Å². The molecular formula is C63H63IN4Si2. The van der Waals surface area contributed by atoms with E-state index in [0.717, 1.165) is 94.9 Å². The maximum absolute atomic E-state index is 5.59. The highest BCUT2D eigenvalue weighted by Gasteiger charge is 2.41. The van der Waals surface area contributed by atoms with E-state index in [0.29, 0.717) is 16.6 Å². The topological polar surface area (TPSA) is 57.4 Å². The number of benzene rings is 4. The number of fused-ring (bicyclic) bond motifs is 8. The summed E-state index contributed by atoms with van der Waals surface area (Å²) in [5.41, 5.74) is 30.9. The molecule has 8 bridgehead atoms. The predicted octanol–water partition coefficient (Wildman–Crippen LogP) is 17.7.